The molecule has 2 aliphatic rings. The summed E-state index contributed by atoms with van der Waals surface area (Å²) in [4.78, 5) is 37.3. The van der Waals surface area contributed by atoms with Crippen LogP contribution < -0.4 is 21.1 Å². The molecule has 3 heterocycles. The van der Waals surface area contributed by atoms with Crippen molar-refractivity contribution in [2.45, 2.75) is 51.2 Å². The van der Waals surface area contributed by atoms with E-state index in [1.165, 1.54) is 4.68 Å². The Balaban J connectivity index is 1.52. The van der Waals surface area contributed by atoms with E-state index in [1.54, 1.807) is 12.3 Å². The summed E-state index contributed by atoms with van der Waals surface area (Å²) in [7, 11) is 0. The predicted molar refractivity (Wildman–Crippen MR) is 88.7 cm³/mol. The van der Waals surface area contributed by atoms with Gasteiger partial charge >= 0.3 is 0 Å². The van der Waals surface area contributed by atoms with Crippen LogP contribution in [0.15, 0.2) is 17.1 Å². The monoisotopic (exact) mass is 333 g/mol. The molecule has 0 aromatic carbocycles. The van der Waals surface area contributed by atoms with Crippen molar-refractivity contribution in [3.05, 3.63) is 22.6 Å². The SMILES string of the molecule is CCn1ncc(N2CCC(NC(=O)C3CCC(=O)N3)CC2)cc1=O. The summed E-state index contributed by atoms with van der Waals surface area (Å²) in [6.07, 6.45) is 4.33. The first kappa shape index (κ1) is 16.5. The number of anilines is 1. The third-order valence-electron chi connectivity index (χ3n) is 4.67. The first-order chi connectivity index (χ1) is 11.6. The van der Waals surface area contributed by atoms with Crippen molar-refractivity contribution in [3.8, 4) is 0 Å². The minimum absolute atomic E-state index is 0.0562. The van der Waals surface area contributed by atoms with E-state index in [-0.39, 0.29) is 29.5 Å². The molecule has 8 heteroatoms. The molecule has 0 aliphatic carbocycles. The van der Waals surface area contributed by atoms with Crippen LogP contribution in [-0.2, 0) is 16.1 Å². The van der Waals surface area contributed by atoms with Crippen molar-refractivity contribution in [1.29, 1.82) is 0 Å². The summed E-state index contributed by atoms with van der Waals surface area (Å²) < 4.78 is 1.42. The average Bonchev–Trinajstić information content (AvgIpc) is 3.02. The molecule has 0 radical (unpaired) electrons. The largest absolute Gasteiger partial charge is 0.370 e. The van der Waals surface area contributed by atoms with Crippen molar-refractivity contribution < 1.29 is 9.59 Å². The molecule has 2 aliphatic heterocycles. The van der Waals surface area contributed by atoms with Crippen molar-refractivity contribution in [2.24, 2.45) is 0 Å². The minimum Gasteiger partial charge on any atom is -0.370 e. The zero-order chi connectivity index (χ0) is 17.1. The van der Waals surface area contributed by atoms with Crippen LogP contribution in [0.1, 0.15) is 32.6 Å². The Hall–Kier alpha value is -2.38. The highest BCUT2D eigenvalue weighted by Crippen LogP contribution is 2.18. The van der Waals surface area contributed by atoms with Gasteiger partial charge in [0.05, 0.1) is 11.9 Å². The van der Waals surface area contributed by atoms with Gasteiger partial charge in [-0.15, -0.1) is 0 Å². The average molecular weight is 333 g/mol. The summed E-state index contributed by atoms with van der Waals surface area (Å²) in [6.45, 7) is 3.97. The maximum atomic E-state index is 12.1. The number of hydrogen-bond donors (Lipinski definition) is 2. The number of piperidine rings is 1. The number of aryl methyl sites for hydroxylation is 1. The third kappa shape index (κ3) is 3.58. The van der Waals surface area contributed by atoms with Crippen LogP contribution in [0.3, 0.4) is 0 Å². The lowest BCUT2D eigenvalue weighted by molar-refractivity contribution is -0.126. The highest BCUT2D eigenvalue weighted by molar-refractivity contribution is 5.90. The molecule has 2 saturated heterocycles. The van der Waals surface area contributed by atoms with Gasteiger partial charge in [0, 0.05) is 38.2 Å². The molecule has 0 spiro atoms. The molecular formula is C16H23N5O3. The Morgan fingerprint density at radius 3 is 2.67 bits per heavy atom. The molecule has 1 aromatic heterocycles. The summed E-state index contributed by atoms with van der Waals surface area (Å²) in [5.41, 5.74) is 0.736. The standard InChI is InChI=1S/C16H23N5O3/c1-2-21-15(23)9-12(10-17-21)20-7-5-11(6-8-20)18-16(24)13-3-4-14(22)19-13/h9-11,13H,2-8H2,1H3,(H,18,24)(H,19,22). The van der Waals surface area contributed by atoms with Gasteiger partial charge in [0.25, 0.3) is 5.56 Å². The molecule has 130 valence electrons. The zero-order valence-corrected chi connectivity index (χ0v) is 13.8. The topological polar surface area (TPSA) is 96.3 Å². The molecule has 2 amide bonds. The van der Waals surface area contributed by atoms with E-state index in [2.05, 4.69) is 20.6 Å². The number of rotatable bonds is 4. The Morgan fingerprint density at radius 1 is 1.33 bits per heavy atom. The molecule has 1 atom stereocenters. The van der Waals surface area contributed by atoms with Crippen molar-refractivity contribution in [2.75, 3.05) is 18.0 Å². The van der Waals surface area contributed by atoms with Gasteiger partial charge in [-0.25, -0.2) is 4.68 Å². The van der Waals surface area contributed by atoms with E-state index in [0.717, 1.165) is 31.6 Å². The second-order valence-corrected chi connectivity index (χ2v) is 6.30. The van der Waals surface area contributed by atoms with Crippen molar-refractivity contribution in [1.82, 2.24) is 20.4 Å². The fourth-order valence-electron chi connectivity index (χ4n) is 3.23. The van der Waals surface area contributed by atoms with E-state index in [0.29, 0.717) is 19.4 Å². The maximum absolute atomic E-state index is 12.1. The molecule has 24 heavy (non-hydrogen) atoms. The number of amides is 2. The van der Waals surface area contributed by atoms with E-state index < -0.39 is 0 Å². The molecule has 3 rings (SSSR count). The van der Waals surface area contributed by atoms with Crippen molar-refractivity contribution in [3.63, 3.8) is 0 Å². The number of hydrogen-bond acceptors (Lipinski definition) is 5. The smallest absolute Gasteiger partial charge is 0.268 e. The molecule has 8 nitrogen and oxygen atoms in total. The number of carbonyl (C=O) groups is 2. The summed E-state index contributed by atoms with van der Waals surface area (Å²) in [5.74, 6) is -0.147. The minimum atomic E-state index is -0.388. The number of nitrogens with one attached hydrogen (secondary N) is 2. The maximum Gasteiger partial charge on any atom is 0.268 e. The number of carbonyl (C=O) groups excluding carboxylic acids is 2. The Bertz CT molecular complexity index is 679. The lowest BCUT2D eigenvalue weighted by atomic mass is 10.0. The molecule has 1 unspecified atom stereocenters. The molecule has 1 aromatic rings. The molecule has 2 fully saturated rings. The third-order valence-corrected chi connectivity index (χ3v) is 4.67. The molecule has 0 saturated carbocycles. The lowest BCUT2D eigenvalue weighted by Gasteiger charge is -2.34. The number of nitrogens with zero attached hydrogens (tertiary/aromatic N) is 3. The Labute approximate surface area is 140 Å². The molecular weight excluding hydrogens is 310 g/mol. The second-order valence-electron chi connectivity index (χ2n) is 6.30. The molecule has 2 N–H and O–H groups in total. The highest BCUT2D eigenvalue weighted by atomic mass is 16.2. The normalized spacial score (nSPS) is 21.6. The van der Waals surface area contributed by atoms with Crippen molar-refractivity contribution >= 4 is 17.5 Å². The van der Waals surface area contributed by atoms with Gasteiger partial charge in [-0.3, -0.25) is 14.4 Å². The second kappa shape index (κ2) is 7.02. The summed E-state index contributed by atoms with van der Waals surface area (Å²) in [6, 6.07) is 1.33. The van der Waals surface area contributed by atoms with E-state index in [4.69, 9.17) is 0 Å². The van der Waals surface area contributed by atoms with Crippen LogP contribution in [0.5, 0.6) is 0 Å². The lowest BCUT2D eigenvalue weighted by Crippen LogP contribution is -2.50. The quantitative estimate of drug-likeness (QED) is 0.783. The van der Waals surface area contributed by atoms with Crippen LogP contribution in [-0.4, -0.2) is 46.8 Å². The van der Waals surface area contributed by atoms with Crippen LogP contribution in [0.4, 0.5) is 5.69 Å². The van der Waals surface area contributed by atoms with Crippen LogP contribution in [0, 0.1) is 0 Å². The fraction of sp³-hybridized carbons (Fsp3) is 0.625. The first-order valence-electron chi connectivity index (χ1n) is 8.48. The van der Waals surface area contributed by atoms with Crippen LogP contribution in [0.2, 0.25) is 0 Å². The van der Waals surface area contributed by atoms with E-state index in [9.17, 15) is 14.4 Å². The molecule has 0 bridgehead atoms. The van der Waals surface area contributed by atoms with Gasteiger partial charge in [-0.1, -0.05) is 0 Å². The summed E-state index contributed by atoms with van der Waals surface area (Å²) >= 11 is 0. The Morgan fingerprint density at radius 2 is 2.08 bits per heavy atom. The van der Waals surface area contributed by atoms with Gasteiger partial charge in [-0.05, 0) is 26.2 Å². The number of aromatic nitrogens is 2. The van der Waals surface area contributed by atoms with Crippen LogP contribution in [0.25, 0.3) is 0 Å². The van der Waals surface area contributed by atoms with Crippen LogP contribution >= 0.6 is 0 Å². The van der Waals surface area contributed by atoms with Gasteiger partial charge in [0.15, 0.2) is 0 Å². The fourth-order valence-corrected chi connectivity index (χ4v) is 3.23. The highest BCUT2D eigenvalue weighted by Gasteiger charge is 2.29. The van der Waals surface area contributed by atoms with E-state index >= 15 is 0 Å². The van der Waals surface area contributed by atoms with Gasteiger partial charge in [-0.2, -0.15) is 5.10 Å². The van der Waals surface area contributed by atoms with E-state index in [1.807, 2.05) is 6.92 Å². The van der Waals surface area contributed by atoms with Gasteiger partial charge in [0.1, 0.15) is 6.04 Å². The summed E-state index contributed by atoms with van der Waals surface area (Å²) in [5, 5.41) is 9.86. The first-order valence-corrected chi connectivity index (χ1v) is 8.48. The zero-order valence-electron chi connectivity index (χ0n) is 13.8. The Kier molecular flexibility index (Phi) is 4.82. The predicted octanol–water partition coefficient (Wildman–Crippen LogP) is -0.373. The van der Waals surface area contributed by atoms with Gasteiger partial charge in [0.2, 0.25) is 11.8 Å². The van der Waals surface area contributed by atoms with Gasteiger partial charge < -0.3 is 15.5 Å².